The first-order valence-electron chi connectivity index (χ1n) is 8.25. The summed E-state index contributed by atoms with van der Waals surface area (Å²) < 4.78 is 4.81. The molecular weight excluding hydrogens is 264 g/mol. The lowest BCUT2D eigenvalue weighted by Gasteiger charge is -2.34. The van der Waals surface area contributed by atoms with Crippen molar-refractivity contribution < 1.29 is 9.53 Å². The summed E-state index contributed by atoms with van der Waals surface area (Å²) in [7, 11) is 1.46. The summed E-state index contributed by atoms with van der Waals surface area (Å²) in [4.78, 5) is 19.1. The van der Waals surface area contributed by atoms with Crippen LogP contribution < -0.4 is 0 Å². The molecule has 0 aliphatic carbocycles. The average molecular weight is 290 g/mol. The minimum atomic E-state index is -0.141. The van der Waals surface area contributed by atoms with E-state index in [0.717, 1.165) is 19.3 Å². The van der Waals surface area contributed by atoms with Crippen LogP contribution >= 0.6 is 0 Å². The fraction of sp³-hybridized carbons (Fsp3) is 0.765. The number of rotatable bonds is 3. The van der Waals surface area contributed by atoms with E-state index in [1.54, 1.807) is 0 Å². The van der Waals surface area contributed by atoms with Gasteiger partial charge in [-0.15, -0.1) is 0 Å². The highest BCUT2D eigenvalue weighted by Crippen LogP contribution is 2.33. The van der Waals surface area contributed by atoms with Crippen LogP contribution in [0.4, 0.5) is 0 Å². The molecule has 116 valence electrons. The van der Waals surface area contributed by atoms with Crippen LogP contribution in [0, 0.1) is 5.92 Å². The maximum atomic E-state index is 11.5. The summed E-state index contributed by atoms with van der Waals surface area (Å²) in [6.07, 6.45) is 8.59. The van der Waals surface area contributed by atoms with E-state index in [1.807, 2.05) is 0 Å². The SMILES string of the molecule is COC(=O)C[C@@H]1C[C@H](C)CC(C2=CCCN3CCC[C@@H]23)=N1. The molecule has 1 saturated heterocycles. The maximum absolute atomic E-state index is 11.5. The molecule has 0 aromatic carbocycles. The first-order chi connectivity index (χ1) is 10.2. The zero-order valence-corrected chi connectivity index (χ0v) is 13.2. The molecule has 0 radical (unpaired) electrons. The van der Waals surface area contributed by atoms with Crippen molar-refractivity contribution in [2.75, 3.05) is 20.2 Å². The van der Waals surface area contributed by atoms with Crippen LogP contribution in [0.2, 0.25) is 0 Å². The molecule has 3 aliphatic heterocycles. The minimum Gasteiger partial charge on any atom is -0.469 e. The Labute approximate surface area is 127 Å². The summed E-state index contributed by atoms with van der Waals surface area (Å²) in [5, 5.41) is 0. The van der Waals surface area contributed by atoms with E-state index in [2.05, 4.69) is 17.9 Å². The van der Waals surface area contributed by atoms with E-state index in [9.17, 15) is 4.79 Å². The molecule has 21 heavy (non-hydrogen) atoms. The van der Waals surface area contributed by atoms with E-state index in [-0.39, 0.29) is 12.0 Å². The molecule has 4 nitrogen and oxygen atoms in total. The molecule has 0 aromatic heterocycles. The number of ether oxygens (including phenoxy) is 1. The predicted octanol–water partition coefficient (Wildman–Crippen LogP) is 2.58. The average Bonchev–Trinajstić information content (AvgIpc) is 2.94. The highest BCUT2D eigenvalue weighted by molar-refractivity contribution is 6.02. The molecule has 0 unspecified atom stereocenters. The molecule has 0 spiro atoms. The van der Waals surface area contributed by atoms with Gasteiger partial charge in [-0.3, -0.25) is 14.7 Å². The Morgan fingerprint density at radius 2 is 2.33 bits per heavy atom. The Bertz CT molecular complexity index is 469. The highest BCUT2D eigenvalue weighted by atomic mass is 16.5. The molecule has 0 N–H and O–H groups in total. The van der Waals surface area contributed by atoms with E-state index in [4.69, 9.17) is 9.73 Å². The van der Waals surface area contributed by atoms with Crippen LogP contribution in [0.5, 0.6) is 0 Å². The van der Waals surface area contributed by atoms with Gasteiger partial charge in [-0.25, -0.2) is 0 Å². The zero-order valence-electron chi connectivity index (χ0n) is 13.2. The fourth-order valence-corrected chi connectivity index (χ4v) is 4.08. The Morgan fingerprint density at radius 3 is 3.14 bits per heavy atom. The molecule has 4 heteroatoms. The second-order valence-electron chi connectivity index (χ2n) is 6.70. The first kappa shape index (κ1) is 14.8. The van der Waals surface area contributed by atoms with Gasteiger partial charge in [0.2, 0.25) is 0 Å². The number of fused-ring (bicyclic) bond motifs is 1. The van der Waals surface area contributed by atoms with E-state index in [1.165, 1.54) is 44.3 Å². The van der Waals surface area contributed by atoms with Crippen LogP contribution in [-0.4, -0.2) is 48.9 Å². The lowest BCUT2D eigenvalue weighted by molar-refractivity contribution is -0.141. The monoisotopic (exact) mass is 290 g/mol. The van der Waals surface area contributed by atoms with Crippen molar-refractivity contribution in [2.45, 2.75) is 57.5 Å². The van der Waals surface area contributed by atoms with Gasteiger partial charge in [-0.1, -0.05) is 13.0 Å². The van der Waals surface area contributed by atoms with Crippen molar-refractivity contribution in [1.82, 2.24) is 4.90 Å². The Hall–Kier alpha value is -1.16. The first-order valence-corrected chi connectivity index (χ1v) is 8.25. The number of nitrogens with zero attached hydrogens (tertiary/aromatic N) is 2. The largest absolute Gasteiger partial charge is 0.469 e. The van der Waals surface area contributed by atoms with Gasteiger partial charge in [0.15, 0.2) is 0 Å². The van der Waals surface area contributed by atoms with E-state index >= 15 is 0 Å². The van der Waals surface area contributed by atoms with Gasteiger partial charge in [-0.2, -0.15) is 0 Å². The summed E-state index contributed by atoms with van der Waals surface area (Å²) in [6.45, 7) is 4.70. The fourth-order valence-electron chi connectivity index (χ4n) is 4.08. The quantitative estimate of drug-likeness (QED) is 0.750. The topological polar surface area (TPSA) is 41.9 Å². The van der Waals surface area contributed by atoms with Gasteiger partial charge in [-0.05, 0) is 50.1 Å². The number of hydrogen-bond donors (Lipinski definition) is 0. The number of hydrogen-bond acceptors (Lipinski definition) is 4. The van der Waals surface area contributed by atoms with Crippen LogP contribution in [0.15, 0.2) is 16.6 Å². The maximum Gasteiger partial charge on any atom is 0.307 e. The van der Waals surface area contributed by atoms with Gasteiger partial charge >= 0.3 is 5.97 Å². The van der Waals surface area contributed by atoms with Crippen molar-refractivity contribution in [3.63, 3.8) is 0 Å². The van der Waals surface area contributed by atoms with Crippen molar-refractivity contribution in [3.05, 3.63) is 11.6 Å². The van der Waals surface area contributed by atoms with Crippen molar-refractivity contribution >= 4 is 11.7 Å². The number of carbonyl (C=O) groups excluding carboxylic acids is 1. The minimum absolute atomic E-state index is 0.105. The molecule has 3 atom stereocenters. The molecular formula is C17H26N2O2. The van der Waals surface area contributed by atoms with Gasteiger partial charge in [0, 0.05) is 18.3 Å². The normalized spacial score (nSPS) is 33.1. The molecule has 0 aromatic rings. The van der Waals surface area contributed by atoms with Crippen molar-refractivity contribution in [3.8, 4) is 0 Å². The Morgan fingerprint density at radius 1 is 1.48 bits per heavy atom. The second-order valence-corrected chi connectivity index (χ2v) is 6.70. The molecule has 0 saturated carbocycles. The summed E-state index contributed by atoms with van der Waals surface area (Å²) in [5.74, 6) is 0.460. The van der Waals surface area contributed by atoms with Gasteiger partial charge in [0.1, 0.15) is 0 Å². The predicted molar refractivity (Wildman–Crippen MR) is 83.5 cm³/mol. The third-order valence-electron chi connectivity index (χ3n) is 5.02. The summed E-state index contributed by atoms with van der Waals surface area (Å²) in [5.41, 5.74) is 2.72. The molecule has 3 aliphatic rings. The van der Waals surface area contributed by atoms with Crippen LogP contribution in [-0.2, 0) is 9.53 Å². The van der Waals surface area contributed by atoms with Crippen LogP contribution in [0.1, 0.15) is 45.4 Å². The molecule has 1 fully saturated rings. The van der Waals surface area contributed by atoms with Crippen LogP contribution in [0.3, 0.4) is 0 Å². The summed E-state index contributed by atoms with van der Waals surface area (Å²) in [6, 6.07) is 0.690. The number of carbonyl (C=O) groups is 1. The van der Waals surface area contributed by atoms with Gasteiger partial charge in [0.05, 0.1) is 19.6 Å². The zero-order chi connectivity index (χ0) is 14.8. The van der Waals surface area contributed by atoms with E-state index in [0.29, 0.717) is 18.4 Å². The van der Waals surface area contributed by atoms with Crippen molar-refractivity contribution in [1.29, 1.82) is 0 Å². The lowest BCUT2D eigenvalue weighted by atomic mass is 9.85. The molecule has 3 rings (SSSR count). The molecule has 0 amide bonds. The third-order valence-corrected chi connectivity index (χ3v) is 5.02. The number of esters is 1. The van der Waals surface area contributed by atoms with Gasteiger partial charge < -0.3 is 4.74 Å². The Kier molecular flexibility index (Phi) is 4.43. The number of methoxy groups -OCH3 is 1. The van der Waals surface area contributed by atoms with Crippen LogP contribution in [0.25, 0.3) is 0 Å². The molecule has 0 bridgehead atoms. The van der Waals surface area contributed by atoms with Gasteiger partial charge in [0.25, 0.3) is 0 Å². The van der Waals surface area contributed by atoms with Crippen molar-refractivity contribution in [2.24, 2.45) is 10.9 Å². The second kappa shape index (κ2) is 6.30. The standard InChI is InChI=1S/C17H26N2O2/c1-12-9-13(11-17(20)21-2)18-15(10-12)14-5-3-7-19-8-4-6-16(14)19/h5,12-13,16H,3-4,6-11H2,1-2H3/t12-,13-,16-/m0/s1. The lowest BCUT2D eigenvalue weighted by Crippen LogP contribution is -2.39. The van der Waals surface area contributed by atoms with E-state index < -0.39 is 0 Å². The third kappa shape index (κ3) is 3.20. The number of aliphatic imine (C=N–C) groups is 1. The smallest absolute Gasteiger partial charge is 0.307 e. The molecule has 3 heterocycles. The Balaban J connectivity index is 1.79. The summed E-state index contributed by atoms with van der Waals surface area (Å²) >= 11 is 0. The highest BCUT2D eigenvalue weighted by Gasteiger charge is 2.34.